The topological polar surface area (TPSA) is 112 Å². The largest absolute Gasteiger partial charge is 0.438 e. The van der Waals surface area contributed by atoms with E-state index < -0.39 is 10.8 Å². The molecule has 0 fully saturated rings. The number of nitro benzene ring substituents is 1. The van der Waals surface area contributed by atoms with E-state index in [1.165, 1.54) is 12.1 Å². The van der Waals surface area contributed by atoms with Crippen molar-refractivity contribution < 1.29 is 9.66 Å². The molecule has 0 radical (unpaired) electrons. The number of amidine groups is 1. The zero-order chi connectivity index (χ0) is 18.4. The SMILES string of the molecule is Cc1ccc2c(c1)OC1=NC(=N)C(C#N)=C1C2c1cccc([N+](=O)[O-])c1. The van der Waals surface area contributed by atoms with Crippen molar-refractivity contribution >= 4 is 17.4 Å². The van der Waals surface area contributed by atoms with Gasteiger partial charge in [0.2, 0.25) is 5.90 Å². The highest BCUT2D eigenvalue weighted by molar-refractivity contribution is 6.21. The molecule has 26 heavy (non-hydrogen) atoms. The van der Waals surface area contributed by atoms with Gasteiger partial charge in [-0.25, -0.2) is 0 Å². The predicted octanol–water partition coefficient (Wildman–Crippen LogP) is 3.64. The van der Waals surface area contributed by atoms with Crippen molar-refractivity contribution in [2.24, 2.45) is 4.99 Å². The maximum Gasteiger partial charge on any atom is 0.269 e. The number of hydrogen-bond donors (Lipinski definition) is 1. The Hall–Kier alpha value is -3.79. The summed E-state index contributed by atoms with van der Waals surface area (Å²) in [6.07, 6.45) is 0. The van der Waals surface area contributed by atoms with Crippen LogP contribution in [0, 0.1) is 33.8 Å². The van der Waals surface area contributed by atoms with E-state index in [0.717, 1.165) is 11.1 Å². The van der Waals surface area contributed by atoms with Gasteiger partial charge in [0, 0.05) is 29.2 Å². The first-order valence-corrected chi connectivity index (χ1v) is 7.84. The number of nitro groups is 1. The Morgan fingerprint density at radius 1 is 1.31 bits per heavy atom. The molecule has 2 aromatic carbocycles. The van der Waals surface area contributed by atoms with Gasteiger partial charge in [0.1, 0.15) is 17.4 Å². The molecule has 126 valence electrons. The fourth-order valence-corrected chi connectivity index (χ4v) is 3.30. The number of nitriles is 1. The van der Waals surface area contributed by atoms with Crippen molar-refractivity contribution in [3.63, 3.8) is 0 Å². The Morgan fingerprint density at radius 2 is 2.12 bits per heavy atom. The quantitative estimate of drug-likeness (QED) is 0.662. The smallest absolute Gasteiger partial charge is 0.269 e. The van der Waals surface area contributed by atoms with Gasteiger partial charge < -0.3 is 4.74 Å². The van der Waals surface area contributed by atoms with E-state index in [1.807, 2.05) is 31.2 Å². The van der Waals surface area contributed by atoms with Crippen molar-refractivity contribution in [3.05, 3.63) is 80.4 Å². The lowest BCUT2D eigenvalue weighted by atomic mass is 9.80. The normalized spacial score (nSPS) is 17.8. The van der Waals surface area contributed by atoms with Crippen molar-refractivity contribution in [1.29, 1.82) is 10.7 Å². The summed E-state index contributed by atoms with van der Waals surface area (Å²) in [5.41, 5.74) is 3.00. The number of fused-ring (bicyclic) bond motifs is 2. The molecule has 1 N–H and O–H groups in total. The minimum atomic E-state index is -0.463. The second kappa shape index (κ2) is 5.63. The van der Waals surface area contributed by atoms with Crippen LogP contribution in [0.3, 0.4) is 0 Å². The van der Waals surface area contributed by atoms with E-state index in [1.54, 1.807) is 12.1 Å². The Morgan fingerprint density at radius 3 is 2.85 bits per heavy atom. The standard InChI is InChI=1S/C19H12N4O3/c1-10-5-6-13-15(7-10)26-19-17(14(9-20)18(21)22-19)16(13)11-3-2-4-12(8-11)23(24)25/h2-8,16,21H,1H3. The fraction of sp³-hybridized carbons (Fsp3) is 0.105. The Bertz CT molecular complexity index is 1090. The van der Waals surface area contributed by atoms with Crippen molar-refractivity contribution in [2.45, 2.75) is 12.8 Å². The highest BCUT2D eigenvalue weighted by Gasteiger charge is 2.39. The molecule has 1 atom stereocenters. The Labute approximate surface area is 148 Å². The fourth-order valence-electron chi connectivity index (χ4n) is 3.30. The summed E-state index contributed by atoms with van der Waals surface area (Å²) in [5, 5.41) is 28.6. The second-order valence-corrected chi connectivity index (χ2v) is 6.09. The first kappa shape index (κ1) is 15.7. The molecule has 0 aliphatic carbocycles. The summed E-state index contributed by atoms with van der Waals surface area (Å²) < 4.78 is 5.83. The van der Waals surface area contributed by atoms with Crippen LogP contribution in [-0.4, -0.2) is 16.7 Å². The van der Waals surface area contributed by atoms with Gasteiger partial charge in [-0.2, -0.15) is 10.3 Å². The summed E-state index contributed by atoms with van der Waals surface area (Å²) in [6.45, 7) is 1.93. The molecular formula is C19H12N4O3. The van der Waals surface area contributed by atoms with Crippen LogP contribution in [0.15, 0.2) is 58.6 Å². The number of nitrogens with zero attached hydrogens (tertiary/aromatic N) is 3. The zero-order valence-corrected chi connectivity index (χ0v) is 13.7. The van der Waals surface area contributed by atoms with Crippen LogP contribution < -0.4 is 4.74 Å². The minimum absolute atomic E-state index is 0.0340. The lowest BCUT2D eigenvalue weighted by molar-refractivity contribution is -0.384. The molecule has 0 saturated carbocycles. The summed E-state index contributed by atoms with van der Waals surface area (Å²) in [6, 6.07) is 14.0. The van der Waals surface area contributed by atoms with Gasteiger partial charge in [-0.1, -0.05) is 24.3 Å². The van der Waals surface area contributed by atoms with E-state index >= 15 is 0 Å². The maximum atomic E-state index is 11.2. The lowest BCUT2D eigenvalue weighted by Crippen LogP contribution is -2.24. The summed E-state index contributed by atoms with van der Waals surface area (Å²) in [4.78, 5) is 14.8. The number of ether oxygens (including phenoxy) is 1. The number of hydrogen-bond acceptors (Lipinski definition) is 5. The van der Waals surface area contributed by atoms with Crippen LogP contribution >= 0.6 is 0 Å². The number of aliphatic imine (C=N–C) groups is 1. The molecule has 0 aromatic heterocycles. The van der Waals surface area contributed by atoms with E-state index in [-0.39, 0.29) is 23.0 Å². The van der Waals surface area contributed by atoms with Crippen LogP contribution in [0.25, 0.3) is 0 Å². The number of benzene rings is 2. The van der Waals surface area contributed by atoms with Crippen LogP contribution in [0.1, 0.15) is 22.6 Å². The van der Waals surface area contributed by atoms with Gasteiger partial charge in [-0.3, -0.25) is 15.5 Å². The molecule has 7 nitrogen and oxygen atoms in total. The van der Waals surface area contributed by atoms with Gasteiger partial charge in [-0.05, 0) is 24.1 Å². The summed E-state index contributed by atoms with van der Waals surface area (Å²) in [5.74, 6) is 0.171. The van der Waals surface area contributed by atoms with Crippen molar-refractivity contribution in [2.75, 3.05) is 0 Å². The average Bonchev–Trinajstić information content (AvgIpc) is 2.94. The molecule has 7 heteroatoms. The molecule has 0 bridgehead atoms. The predicted molar refractivity (Wildman–Crippen MR) is 94.5 cm³/mol. The molecule has 0 spiro atoms. The van der Waals surface area contributed by atoms with Gasteiger partial charge in [0.25, 0.3) is 5.69 Å². The summed E-state index contributed by atoms with van der Waals surface area (Å²) in [7, 11) is 0. The van der Waals surface area contributed by atoms with Gasteiger partial charge in [0.05, 0.1) is 4.92 Å². The van der Waals surface area contributed by atoms with E-state index in [0.29, 0.717) is 16.9 Å². The third-order valence-electron chi connectivity index (χ3n) is 4.45. The molecule has 2 aliphatic rings. The Kier molecular flexibility index (Phi) is 3.41. The highest BCUT2D eigenvalue weighted by atomic mass is 16.6. The monoisotopic (exact) mass is 344 g/mol. The maximum absolute atomic E-state index is 11.2. The van der Waals surface area contributed by atoms with Crippen molar-refractivity contribution in [3.8, 4) is 11.8 Å². The van der Waals surface area contributed by atoms with Gasteiger partial charge >= 0.3 is 0 Å². The number of nitrogens with one attached hydrogen (secondary N) is 1. The molecule has 2 aliphatic heterocycles. The lowest BCUT2D eigenvalue weighted by Gasteiger charge is -2.28. The van der Waals surface area contributed by atoms with Gasteiger partial charge in [0.15, 0.2) is 5.84 Å². The average molecular weight is 344 g/mol. The second-order valence-electron chi connectivity index (χ2n) is 6.09. The molecule has 4 rings (SSSR count). The number of rotatable bonds is 2. The Balaban J connectivity index is 2.01. The van der Waals surface area contributed by atoms with E-state index in [2.05, 4.69) is 4.99 Å². The molecule has 1 unspecified atom stereocenters. The third kappa shape index (κ3) is 2.28. The van der Waals surface area contributed by atoms with E-state index in [9.17, 15) is 15.4 Å². The first-order chi connectivity index (χ1) is 12.5. The van der Waals surface area contributed by atoms with E-state index in [4.69, 9.17) is 10.1 Å². The highest BCUT2D eigenvalue weighted by Crippen LogP contribution is 2.45. The zero-order valence-electron chi connectivity index (χ0n) is 13.7. The summed E-state index contributed by atoms with van der Waals surface area (Å²) >= 11 is 0. The van der Waals surface area contributed by atoms with Crippen LogP contribution in [0.2, 0.25) is 0 Å². The van der Waals surface area contributed by atoms with Crippen LogP contribution in [-0.2, 0) is 0 Å². The van der Waals surface area contributed by atoms with Crippen LogP contribution in [0.5, 0.6) is 5.75 Å². The number of non-ortho nitro benzene ring substituents is 1. The molecular weight excluding hydrogens is 332 g/mol. The van der Waals surface area contributed by atoms with Gasteiger partial charge in [-0.15, -0.1) is 0 Å². The molecule has 0 amide bonds. The molecule has 0 saturated heterocycles. The molecule has 2 heterocycles. The van der Waals surface area contributed by atoms with Crippen molar-refractivity contribution in [1.82, 2.24) is 0 Å². The minimum Gasteiger partial charge on any atom is -0.438 e. The molecule has 2 aromatic rings. The first-order valence-electron chi connectivity index (χ1n) is 7.84. The number of aryl methyl sites for hydroxylation is 1. The van der Waals surface area contributed by atoms with Crippen LogP contribution in [0.4, 0.5) is 5.69 Å². The third-order valence-corrected chi connectivity index (χ3v) is 4.45.